The van der Waals surface area contributed by atoms with E-state index in [-0.39, 0.29) is 22.7 Å². The first-order valence-corrected chi connectivity index (χ1v) is 10.4. The van der Waals surface area contributed by atoms with E-state index in [1.165, 1.54) is 13.2 Å². The minimum atomic E-state index is -4.25. The van der Waals surface area contributed by atoms with Gasteiger partial charge in [0.1, 0.15) is 0 Å². The van der Waals surface area contributed by atoms with Gasteiger partial charge in [0.25, 0.3) is 10.1 Å². The van der Waals surface area contributed by atoms with Gasteiger partial charge in [-0.1, -0.05) is 24.3 Å². The number of fused-ring (bicyclic) bond motifs is 1. The Morgan fingerprint density at radius 2 is 1.71 bits per heavy atom. The second-order valence-electron chi connectivity index (χ2n) is 7.52. The lowest BCUT2D eigenvalue weighted by Gasteiger charge is -2.15. The zero-order chi connectivity index (χ0) is 20.7. The van der Waals surface area contributed by atoms with Crippen molar-refractivity contribution in [2.24, 2.45) is 0 Å². The summed E-state index contributed by atoms with van der Waals surface area (Å²) in [4.78, 5) is 11.3. The summed E-state index contributed by atoms with van der Waals surface area (Å²) in [6.07, 6.45) is 0.236. The van der Waals surface area contributed by atoms with Crippen molar-refractivity contribution in [1.82, 2.24) is 0 Å². The molecule has 0 radical (unpaired) electrons. The van der Waals surface area contributed by atoms with Crippen LogP contribution in [0, 0.1) is 0 Å². The molecule has 148 valence electrons. The molecule has 1 aliphatic heterocycles. The molecule has 1 N–H and O–H groups in total. The van der Waals surface area contributed by atoms with Crippen molar-refractivity contribution in [3.05, 3.63) is 59.2 Å². The highest BCUT2D eigenvalue weighted by molar-refractivity contribution is 7.85. The zero-order valence-corrected chi connectivity index (χ0v) is 17.2. The molecule has 0 amide bonds. The van der Waals surface area contributed by atoms with E-state index >= 15 is 0 Å². The van der Waals surface area contributed by atoms with Gasteiger partial charge in [-0.3, -0.25) is 9.35 Å². The van der Waals surface area contributed by atoms with Crippen LogP contribution in [0.4, 0.5) is 5.69 Å². The molecule has 0 aliphatic carbocycles. The molecule has 0 bridgehead atoms. The summed E-state index contributed by atoms with van der Waals surface area (Å²) in [7, 11) is -2.88. The number of hydrogen-bond acceptors (Lipinski definition) is 4. The average Bonchev–Trinajstić information content (AvgIpc) is 2.83. The number of rotatable bonds is 5. The Balaban J connectivity index is 1.93. The van der Waals surface area contributed by atoms with E-state index < -0.39 is 10.1 Å². The van der Waals surface area contributed by atoms with Crippen molar-refractivity contribution in [1.29, 1.82) is 0 Å². The van der Waals surface area contributed by atoms with Gasteiger partial charge in [0, 0.05) is 24.1 Å². The fourth-order valence-corrected chi connectivity index (χ4v) is 4.02. The van der Waals surface area contributed by atoms with Gasteiger partial charge >= 0.3 is 5.97 Å². The van der Waals surface area contributed by atoms with Crippen molar-refractivity contribution < 1.29 is 27.1 Å². The molecule has 0 aromatic heterocycles. The molecule has 2 aromatic carbocycles. The summed E-state index contributed by atoms with van der Waals surface area (Å²) in [5.74, 6) is -0.276. The van der Waals surface area contributed by atoms with E-state index in [0.29, 0.717) is 6.54 Å². The second kappa shape index (κ2) is 7.14. The van der Waals surface area contributed by atoms with E-state index in [0.717, 1.165) is 28.1 Å². The molecule has 6 nitrogen and oxygen atoms in total. The van der Waals surface area contributed by atoms with Gasteiger partial charge in [-0.05, 0) is 31.5 Å². The Hall–Kier alpha value is -2.51. The van der Waals surface area contributed by atoms with Gasteiger partial charge in [0.05, 0.1) is 23.8 Å². The van der Waals surface area contributed by atoms with Crippen LogP contribution in [-0.2, 0) is 38.0 Å². The number of carbonyl (C=O) groups is 1. The number of carbonyl (C=O) groups excluding carboxylic acids is 1. The summed E-state index contributed by atoms with van der Waals surface area (Å²) < 4.78 is 39.3. The normalized spacial score (nSPS) is 15.5. The predicted octanol–water partition coefficient (Wildman–Crippen LogP) is 3.25. The number of esters is 1. The van der Waals surface area contributed by atoms with Gasteiger partial charge in [0.15, 0.2) is 12.3 Å². The van der Waals surface area contributed by atoms with Crippen LogP contribution >= 0.6 is 0 Å². The number of ether oxygens (including phenoxy) is 1. The van der Waals surface area contributed by atoms with Crippen LogP contribution in [0.5, 0.6) is 0 Å². The Morgan fingerprint density at radius 3 is 2.29 bits per heavy atom. The lowest BCUT2D eigenvalue weighted by molar-refractivity contribution is -0.456. The van der Waals surface area contributed by atoms with E-state index in [1.54, 1.807) is 12.1 Å². The van der Waals surface area contributed by atoms with E-state index in [4.69, 9.17) is 4.74 Å². The maximum Gasteiger partial charge on any atom is 0.309 e. The van der Waals surface area contributed by atoms with Crippen LogP contribution in [0.25, 0.3) is 0 Å². The van der Waals surface area contributed by atoms with Crippen molar-refractivity contribution in [3.8, 4) is 0 Å². The fourth-order valence-electron chi connectivity index (χ4n) is 3.51. The Labute approximate surface area is 165 Å². The molecule has 0 spiro atoms. The summed E-state index contributed by atoms with van der Waals surface area (Å²) in [6, 6.07) is 12.5. The van der Waals surface area contributed by atoms with Crippen LogP contribution < -0.4 is 0 Å². The van der Waals surface area contributed by atoms with Gasteiger partial charge in [-0.25, -0.2) is 0 Å². The van der Waals surface area contributed by atoms with Crippen LogP contribution in [-0.4, -0.2) is 36.3 Å². The highest BCUT2D eigenvalue weighted by Crippen LogP contribution is 2.41. The van der Waals surface area contributed by atoms with Gasteiger partial charge in [-0.15, -0.1) is 0 Å². The van der Waals surface area contributed by atoms with Crippen molar-refractivity contribution >= 4 is 27.5 Å². The molecule has 2 aromatic rings. The highest BCUT2D eigenvalue weighted by atomic mass is 32.2. The van der Waals surface area contributed by atoms with Crippen molar-refractivity contribution in [2.45, 2.75) is 44.0 Å². The molecule has 0 atom stereocenters. The minimum Gasteiger partial charge on any atom is -0.469 e. The molecule has 1 aliphatic rings. The summed E-state index contributed by atoms with van der Waals surface area (Å²) in [5, 5.41) is 0. The zero-order valence-electron chi connectivity index (χ0n) is 16.4. The maximum atomic E-state index is 11.5. The molecule has 0 saturated heterocycles. The highest BCUT2D eigenvalue weighted by Gasteiger charge is 2.43. The number of hydrogen-bond donors (Lipinski definition) is 1. The molecule has 3 rings (SSSR count). The molecular formula is C21H24NO5S+. The van der Waals surface area contributed by atoms with Crippen molar-refractivity contribution in [2.75, 3.05) is 7.11 Å². The molecule has 1 heterocycles. The summed E-state index contributed by atoms with van der Waals surface area (Å²) >= 11 is 0. The number of benzene rings is 2. The molecule has 28 heavy (non-hydrogen) atoms. The first kappa shape index (κ1) is 20.2. The molecule has 0 fully saturated rings. The second-order valence-corrected chi connectivity index (χ2v) is 8.94. The fraction of sp³-hybridized carbons (Fsp3) is 0.333. The quantitative estimate of drug-likeness (QED) is 0.472. The third-order valence-electron chi connectivity index (χ3n) is 5.48. The van der Waals surface area contributed by atoms with E-state index in [1.807, 2.05) is 45.0 Å². The Bertz CT molecular complexity index is 1070. The predicted molar refractivity (Wildman–Crippen MR) is 106 cm³/mol. The van der Waals surface area contributed by atoms with Crippen LogP contribution in [0.3, 0.4) is 0 Å². The lowest BCUT2D eigenvalue weighted by Crippen LogP contribution is -2.26. The first-order valence-electron chi connectivity index (χ1n) is 8.92. The Kier molecular flexibility index (Phi) is 5.16. The molecule has 7 heteroatoms. The van der Waals surface area contributed by atoms with Crippen LogP contribution in [0.2, 0.25) is 0 Å². The van der Waals surface area contributed by atoms with E-state index in [2.05, 4.69) is 4.58 Å². The van der Waals surface area contributed by atoms with Gasteiger partial charge in [-0.2, -0.15) is 13.0 Å². The van der Waals surface area contributed by atoms with Crippen molar-refractivity contribution in [3.63, 3.8) is 0 Å². The summed E-state index contributed by atoms with van der Waals surface area (Å²) in [5.41, 5.74) is 4.47. The van der Waals surface area contributed by atoms with Crippen LogP contribution in [0.15, 0.2) is 47.4 Å². The molecule has 0 saturated carbocycles. The molecular weight excluding hydrogens is 378 g/mol. The number of methoxy groups -OCH3 is 1. The SMILES string of the molecule is COC(=O)Cc1ccc(C[N+]2=C(C)C(C)(C)c3cc(S(=O)(=O)O)ccc32)cc1. The third kappa shape index (κ3) is 3.72. The smallest absolute Gasteiger partial charge is 0.309 e. The first-order chi connectivity index (χ1) is 13.0. The standard InChI is InChI=1S/C21H23NO5S/c1-14-21(2,3)18-12-17(28(24,25)26)9-10-19(18)22(14)13-16-7-5-15(6-8-16)11-20(23)27-4/h5-10,12H,11,13H2,1-4H3/p+1. The molecule has 0 unspecified atom stereocenters. The monoisotopic (exact) mass is 402 g/mol. The minimum absolute atomic E-state index is 0.0962. The Morgan fingerprint density at radius 1 is 1.11 bits per heavy atom. The topological polar surface area (TPSA) is 83.7 Å². The summed E-state index contributed by atoms with van der Waals surface area (Å²) in [6.45, 7) is 6.72. The average molecular weight is 402 g/mol. The van der Waals surface area contributed by atoms with Gasteiger partial charge < -0.3 is 4.74 Å². The maximum absolute atomic E-state index is 11.5. The van der Waals surface area contributed by atoms with E-state index in [9.17, 15) is 17.8 Å². The lowest BCUT2D eigenvalue weighted by atomic mass is 9.82. The van der Waals surface area contributed by atoms with Gasteiger partial charge in [0.2, 0.25) is 5.69 Å². The largest absolute Gasteiger partial charge is 0.469 e. The van der Waals surface area contributed by atoms with Crippen LogP contribution in [0.1, 0.15) is 37.5 Å². The number of nitrogens with zero attached hydrogens (tertiary/aromatic N) is 1. The third-order valence-corrected chi connectivity index (χ3v) is 6.33.